The molecule has 25 heavy (non-hydrogen) atoms. The lowest BCUT2D eigenvalue weighted by Crippen LogP contribution is -2.30. The molecule has 132 valence electrons. The molecule has 1 atom stereocenters. The summed E-state index contributed by atoms with van der Waals surface area (Å²) in [6.45, 7) is 4.39. The summed E-state index contributed by atoms with van der Waals surface area (Å²) >= 11 is 1.27. The third-order valence-electron chi connectivity index (χ3n) is 4.12. The number of benzene rings is 1. The molecule has 2 aromatic rings. The summed E-state index contributed by atoms with van der Waals surface area (Å²) in [6, 6.07) is 9.28. The molecule has 7 heteroatoms. The number of rotatable bonds is 7. The molecule has 0 saturated carbocycles. The van der Waals surface area contributed by atoms with Crippen LogP contribution in [0.4, 0.5) is 0 Å². The van der Waals surface area contributed by atoms with Gasteiger partial charge in [0.2, 0.25) is 5.91 Å². The highest BCUT2D eigenvalue weighted by Crippen LogP contribution is 2.22. The Labute approximate surface area is 151 Å². The van der Waals surface area contributed by atoms with E-state index in [9.17, 15) is 9.59 Å². The maximum Gasteiger partial charge on any atom is 0.262 e. The molecule has 1 aromatic carbocycles. The number of nitriles is 1. The molecule has 1 amide bonds. The molecular formula is C18H22N4O2S. The van der Waals surface area contributed by atoms with Crippen LogP contribution in [-0.2, 0) is 4.79 Å². The third-order valence-corrected chi connectivity index (χ3v) is 5.05. The number of aromatic nitrogens is 2. The van der Waals surface area contributed by atoms with Gasteiger partial charge in [-0.3, -0.25) is 14.2 Å². The Hall–Kier alpha value is -2.33. The summed E-state index contributed by atoms with van der Waals surface area (Å²) in [4.78, 5) is 31.2. The number of thioether (sulfide) groups is 1. The van der Waals surface area contributed by atoms with Crippen LogP contribution >= 0.6 is 11.8 Å². The maximum absolute atomic E-state index is 12.8. The minimum absolute atomic E-state index is 0.00136. The van der Waals surface area contributed by atoms with E-state index in [4.69, 9.17) is 5.26 Å². The van der Waals surface area contributed by atoms with Gasteiger partial charge in [-0.05, 0) is 25.5 Å². The minimum Gasteiger partial charge on any atom is -0.344 e. The van der Waals surface area contributed by atoms with Crippen LogP contribution in [0.1, 0.15) is 32.7 Å². The molecule has 0 unspecified atom stereocenters. The van der Waals surface area contributed by atoms with E-state index in [0.717, 1.165) is 6.42 Å². The first-order chi connectivity index (χ1) is 12.0. The molecule has 2 rings (SSSR count). The number of carbonyl (C=O) groups is 1. The van der Waals surface area contributed by atoms with Gasteiger partial charge in [-0.15, -0.1) is 0 Å². The highest BCUT2D eigenvalue weighted by molar-refractivity contribution is 7.99. The van der Waals surface area contributed by atoms with Crippen LogP contribution in [0, 0.1) is 11.3 Å². The number of hydrogen-bond donors (Lipinski definition) is 0. The average molecular weight is 358 g/mol. The van der Waals surface area contributed by atoms with Gasteiger partial charge < -0.3 is 4.90 Å². The summed E-state index contributed by atoms with van der Waals surface area (Å²) in [6.07, 6.45) is 1.10. The van der Waals surface area contributed by atoms with Gasteiger partial charge in [-0.1, -0.05) is 30.8 Å². The molecule has 0 N–H and O–H groups in total. The Bertz CT molecular complexity index is 856. The Balaban J connectivity index is 2.32. The fourth-order valence-corrected chi connectivity index (χ4v) is 3.42. The lowest BCUT2D eigenvalue weighted by atomic mass is 10.2. The van der Waals surface area contributed by atoms with Gasteiger partial charge in [-0.2, -0.15) is 5.26 Å². The first-order valence-corrected chi connectivity index (χ1v) is 9.23. The molecule has 0 bridgehead atoms. The van der Waals surface area contributed by atoms with Crippen LogP contribution in [0.2, 0.25) is 0 Å². The quantitative estimate of drug-likeness (QED) is 0.562. The van der Waals surface area contributed by atoms with Gasteiger partial charge in [0.25, 0.3) is 5.56 Å². The molecule has 0 saturated heterocycles. The summed E-state index contributed by atoms with van der Waals surface area (Å²) in [5.41, 5.74) is 0.563. The maximum atomic E-state index is 12.8. The lowest BCUT2D eigenvalue weighted by molar-refractivity contribution is -0.127. The van der Waals surface area contributed by atoms with Crippen molar-refractivity contribution in [3.05, 3.63) is 34.6 Å². The van der Waals surface area contributed by atoms with E-state index >= 15 is 0 Å². The molecule has 0 aliphatic heterocycles. The third kappa shape index (κ3) is 4.40. The summed E-state index contributed by atoms with van der Waals surface area (Å²) in [5, 5.41) is 9.76. The fourth-order valence-electron chi connectivity index (χ4n) is 2.38. The first kappa shape index (κ1) is 19.0. The molecule has 6 nitrogen and oxygen atoms in total. The van der Waals surface area contributed by atoms with E-state index in [1.807, 2.05) is 38.1 Å². The zero-order valence-corrected chi connectivity index (χ0v) is 15.5. The predicted molar refractivity (Wildman–Crippen MR) is 99.6 cm³/mol. The highest BCUT2D eigenvalue weighted by Gasteiger charge is 2.17. The second kappa shape index (κ2) is 8.67. The van der Waals surface area contributed by atoms with E-state index in [1.54, 1.807) is 17.7 Å². The van der Waals surface area contributed by atoms with Crippen LogP contribution in [0.5, 0.6) is 0 Å². The number of carbonyl (C=O) groups excluding carboxylic acids is 1. The fraction of sp³-hybridized carbons (Fsp3) is 0.444. The van der Waals surface area contributed by atoms with Crippen molar-refractivity contribution in [3.63, 3.8) is 0 Å². The van der Waals surface area contributed by atoms with Gasteiger partial charge in [0, 0.05) is 19.6 Å². The summed E-state index contributed by atoms with van der Waals surface area (Å²) in [7, 11) is 1.68. The second-order valence-electron chi connectivity index (χ2n) is 5.86. The van der Waals surface area contributed by atoms with Crippen molar-refractivity contribution in [1.29, 1.82) is 5.26 Å². The van der Waals surface area contributed by atoms with Crippen molar-refractivity contribution in [2.24, 2.45) is 0 Å². The average Bonchev–Trinajstić information content (AvgIpc) is 2.63. The molecule has 0 aliphatic rings. The van der Waals surface area contributed by atoms with Crippen molar-refractivity contribution in [3.8, 4) is 6.07 Å². The number of fused-ring (bicyclic) bond motifs is 1. The smallest absolute Gasteiger partial charge is 0.262 e. The SMILES string of the molecule is CC[C@@H](C)n1c(SCC(=O)N(C)CCC#N)nc2ccccc2c1=O. The van der Waals surface area contributed by atoms with E-state index in [1.165, 1.54) is 16.7 Å². The Morgan fingerprint density at radius 1 is 1.44 bits per heavy atom. The largest absolute Gasteiger partial charge is 0.344 e. The molecule has 1 aromatic heterocycles. The summed E-state index contributed by atoms with van der Waals surface area (Å²) in [5.74, 6) is 0.0988. The predicted octanol–water partition coefficient (Wildman–Crippen LogP) is 2.83. The Morgan fingerprint density at radius 3 is 2.84 bits per heavy atom. The number of hydrogen-bond acceptors (Lipinski definition) is 5. The van der Waals surface area contributed by atoms with Gasteiger partial charge in [0.1, 0.15) is 0 Å². The molecule has 0 radical (unpaired) electrons. The number of amides is 1. The van der Waals surface area contributed by atoms with E-state index in [0.29, 0.717) is 29.0 Å². The van der Waals surface area contributed by atoms with Crippen molar-refractivity contribution in [2.75, 3.05) is 19.3 Å². The lowest BCUT2D eigenvalue weighted by Gasteiger charge is -2.19. The minimum atomic E-state index is -0.0849. The second-order valence-corrected chi connectivity index (χ2v) is 6.80. The van der Waals surface area contributed by atoms with Crippen molar-refractivity contribution < 1.29 is 4.79 Å². The molecule has 0 spiro atoms. The monoisotopic (exact) mass is 358 g/mol. The molecule has 0 aliphatic carbocycles. The van der Waals surface area contributed by atoms with Gasteiger partial charge in [-0.25, -0.2) is 4.98 Å². The van der Waals surface area contributed by atoms with Gasteiger partial charge in [0.05, 0.1) is 29.1 Å². The first-order valence-electron chi connectivity index (χ1n) is 8.24. The van der Waals surface area contributed by atoms with E-state index < -0.39 is 0 Å². The van der Waals surface area contributed by atoms with Crippen LogP contribution in [0.25, 0.3) is 10.9 Å². The molecule has 1 heterocycles. The molecule has 0 fully saturated rings. The van der Waals surface area contributed by atoms with Crippen LogP contribution in [-0.4, -0.2) is 39.7 Å². The Morgan fingerprint density at radius 2 is 2.16 bits per heavy atom. The zero-order valence-electron chi connectivity index (χ0n) is 14.7. The number of nitrogens with zero attached hydrogens (tertiary/aromatic N) is 4. The summed E-state index contributed by atoms with van der Waals surface area (Å²) < 4.78 is 1.68. The van der Waals surface area contributed by atoms with Crippen molar-refractivity contribution in [2.45, 2.75) is 37.9 Å². The number of para-hydroxylation sites is 1. The van der Waals surface area contributed by atoms with Crippen LogP contribution < -0.4 is 5.56 Å². The van der Waals surface area contributed by atoms with E-state index in [2.05, 4.69) is 4.98 Å². The van der Waals surface area contributed by atoms with Gasteiger partial charge in [0.15, 0.2) is 5.16 Å². The zero-order chi connectivity index (χ0) is 18.4. The standard InChI is InChI=1S/C18H22N4O2S/c1-4-13(2)22-17(24)14-8-5-6-9-15(14)20-18(22)25-12-16(23)21(3)11-7-10-19/h5-6,8-9,13H,4,7,11-12H2,1-3H3/t13-/m1/s1. The highest BCUT2D eigenvalue weighted by atomic mass is 32.2. The normalized spacial score (nSPS) is 11.9. The molecular weight excluding hydrogens is 336 g/mol. The van der Waals surface area contributed by atoms with Crippen LogP contribution in [0.15, 0.2) is 34.2 Å². The van der Waals surface area contributed by atoms with E-state index in [-0.39, 0.29) is 23.3 Å². The Kier molecular flexibility index (Phi) is 6.59. The van der Waals surface area contributed by atoms with Crippen molar-refractivity contribution in [1.82, 2.24) is 14.5 Å². The van der Waals surface area contributed by atoms with Crippen LogP contribution in [0.3, 0.4) is 0 Å². The van der Waals surface area contributed by atoms with Gasteiger partial charge >= 0.3 is 0 Å². The van der Waals surface area contributed by atoms with Crippen molar-refractivity contribution >= 4 is 28.6 Å². The topological polar surface area (TPSA) is 79.0 Å².